The maximum Gasteiger partial charge on any atom is 0.241 e. The number of nitrogens with one attached hydrogen (secondary N) is 1. The van der Waals surface area contributed by atoms with Crippen LogP contribution in [-0.2, 0) is 4.79 Å². The molecule has 1 saturated heterocycles. The SMILES string of the molecule is CCC1NC(c2ccsc2)N(CC2CC3CCC2C3)C1=O. The molecule has 1 aromatic heterocycles. The number of nitrogens with zero attached hydrogens (tertiary/aromatic N) is 1. The Balaban J connectivity index is 1.54. The molecule has 3 aliphatic rings. The summed E-state index contributed by atoms with van der Waals surface area (Å²) in [6, 6.07) is 2.16. The van der Waals surface area contributed by atoms with Crippen LogP contribution in [0.1, 0.15) is 50.8 Å². The van der Waals surface area contributed by atoms with Crippen LogP contribution < -0.4 is 5.32 Å². The van der Waals surface area contributed by atoms with E-state index in [2.05, 4.69) is 34.0 Å². The van der Waals surface area contributed by atoms with Crippen LogP contribution in [0.3, 0.4) is 0 Å². The van der Waals surface area contributed by atoms with Crippen molar-refractivity contribution in [1.29, 1.82) is 0 Å². The van der Waals surface area contributed by atoms with Gasteiger partial charge in [-0.2, -0.15) is 11.3 Å². The Labute approximate surface area is 130 Å². The molecule has 5 unspecified atom stereocenters. The number of hydrogen-bond acceptors (Lipinski definition) is 3. The van der Waals surface area contributed by atoms with Gasteiger partial charge in [0.1, 0.15) is 6.17 Å². The maximum atomic E-state index is 12.7. The molecule has 21 heavy (non-hydrogen) atoms. The third kappa shape index (κ3) is 2.33. The number of thiophene rings is 1. The zero-order valence-corrected chi connectivity index (χ0v) is 13.4. The second kappa shape index (κ2) is 5.40. The first kappa shape index (κ1) is 13.8. The topological polar surface area (TPSA) is 32.3 Å². The molecule has 3 fully saturated rings. The van der Waals surface area contributed by atoms with Crippen LogP contribution in [0.15, 0.2) is 16.8 Å². The van der Waals surface area contributed by atoms with Gasteiger partial charge in [-0.1, -0.05) is 13.3 Å². The number of fused-ring (bicyclic) bond motifs is 2. The Bertz CT molecular complexity index is 515. The highest BCUT2D eigenvalue weighted by atomic mass is 32.1. The molecule has 5 atom stereocenters. The van der Waals surface area contributed by atoms with E-state index in [1.807, 2.05) is 0 Å². The predicted octanol–water partition coefficient (Wildman–Crippen LogP) is 3.39. The molecule has 2 bridgehead atoms. The molecular formula is C17H24N2OS. The summed E-state index contributed by atoms with van der Waals surface area (Å²) in [6.07, 6.45) is 6.58. The number of carbonyl (C=O) groups is 1. The summed E-state index contributed by atoms with van der Waals surface area (Å²) in [5.74, 6) is 2.89. The van der Waals surface area contributed by atoms with E-state index in [4.69, 9.17) is 0 Å². The average Bonchev–Trinajstić information content (AvgIpc) is 3.24. The van der Waals surface area contributed by atoms with Crippen molar-refractivity contribution in [2.45, 2.75) is 51.2 Å². The fourth-order valence-corrected chi connectivity index (χ4v) is 5.41. The van der Waals surface area contributed by atoms with Gasteiger partial charge in [0.05, 0.1) is 6.04 Å². The zero-order chi connectivity index (χ0) is 14.4. The molecule has 1 amide bonds. The Hall–Kier alpha value is -0.870. The van der Waals surface area contributed by atoms with E-state index in [1.54, 1.807) is 11.3 Å². The molecular weight excluding hydrogens is 280 g/mol. The fourth-order valence-electron chi connectivity index (χ4n) is 4.73. The Morgan fingerprint density at radius 2 is 2.29 bits per heavy atom. The van der Waals surface area contributed by atoms with Crippen LogP contribution in [-0.4, -0.2) is 23.4 Å². The molecule has 3 nitrogen and oxygen atoms in total. The van der Waals surface area contributed by atoms with Gasteiger partial charge in [0.25, 0.3) is 0 Å². The van der Waals surface area contributed by atoms with E-state index < -0.39 is 0 Å². The summed E-state index contributed by atoms with van der Waals surface area (Å²) in [5.41, 5.74) is 1.26. The van der Waals surface area contributed by atoms with Crippen molar-refractivity contribution < 1.29 is 4.79 Å². The molecule has 114 valence electrons. The summed E-state index contributed by atoms with van der Waals surface area (Å²) in [7, 11) is 0. The summed E-state index contributed by atoms with van der Waals surface area (Å²) in [6.45, 7) is 3.06. The monoisotopic (exact) mass is 304 g/mol. The van der Waals surface area contributed by atoms with E-state index in [9.17, 15) is 4.79 Å². The van der Waals surface area contributed by atoms with Crippen LogP contribution in [0.4, 0.5) is 0 Å². The van der Waals surface area contributed by atoms with Crippen molar-refractivity contribution in [2.24, 2.45) is 17.8 Å². The highest BCUT2D eigenvalue weighted by molar-refractivity contribution is 7.07. The summed E-state index contributed by atoms with van der Waals surface area (Å²) < 4.78 is 0. The average molecular weight is 304 g/mol. The lowest BCUT2D eigenvalue weighted by Crippen LogP contribution is -2.36. The highest BCUT2D eigenvalue weighted by Crippen LogP contribution is 2.49. The summed E-state index contributed by atoms with van der Waals surface area (Å²) >= 11 is 1.72. The lowest BCUT2D eigenvalue weighted by molar-refractivity contribution is -0.131. The molecule has 0 radical (unpaired) electrons. The van der Waals surface area contributed by atoms with Crippen LogP contribution in [0, 0.1) is 17.8 Å². The smallest absolute Gasteiger partial charge is 0.241 e. The first-order valence-electron chi connectivity index (χ1n) is 8.35. The lowest BCUT2D eigenvalue weighted by atomic mass is 9.88. The van der Waals surface area contributed by atoms with Crippen molar-refractivity contribution in [3.8, 4) is 0 Å². The van der Waals surface area contributed by atoms with Gasteiger partial charge in [-0.25, -0.2) is 0 Å². The van der Waals surface area contributed by atoms with Gasteiger partial charge in [-0.15, -0.1) is 0 Å². The first-order chi connectivity index (χ1) is 10.3. The molecule has 4 heteroatoms. The first-order valence-corrected chi connectivity index (χ1v) is 9.29. The van der Waals surface area contributed by atoms with Gasteiger partial charge in [-0.3, -0.25) is 10.1 Å². The van der Waals surface area contributed by atoms with Crippen molar-refractivity contribution in [1.82, 2.24) is 10.2 Å². The van der Waals surface area contributed by atoms with Gasteiger partial charge in [0.15, 0.2) is 0 Å². The summed E-state index contributed by atoms with van der Waals surface area (Å²) in [4.78, 5) is 14.8. The normalized spacial score (nSPS) is 38.6. The van der Waals surface area contributed by atoms with E-state index >= 15 is 0 Å². The number of rotatable bonds is 4. The van der Waals surface area contributed by atoms with Gasteiger partial charge in [-0.05, 0) is 65.8 Å². The maximum absolute atomic E-state index is 12.7. The minimum absolute atomic E-state index is 0.00786. The second-order valence-electron chi connectivity index (χ2n) is 7.01. The fraction of sp³-hybridized carbons (Fsp3) is 0.706. The second-order valence-corrected chi connectivity index (χ2v) is 7.79. The van der Waals surface area contributed by atoms with Crippen LogP contribution in [0.5, 0.6) is 0 Å². The van der Waals surface area contributed by atoms with E-state index in [1.165, 1.54) is 31.2 Å². The molecule has 2 aliphatic carbocycles. The molecule has 0 spiro atoms. The predicted molar refractivity (Wildman–Crippen MR) is 84.9 cm³/mol. The van der Waals surface area contributed by atoms with Gasteiger partial charge >= 0.3 is 0 Å². The molecule has 2 heterocycles. The number of hydrogen-bond donors (Lipinski definition) is 1. The Morgan fingerprint density at radius 3 is 2.90 bits per heavy atom. The zero-order valence-electron chi connectivity index (χ0n) is 12.6. The van der Waals surface area contributed by atoms with Crippen LogP contribution in [0.25, 0.3) is 0 Å². The van der Waals surface area contributed by atoms with Crippen LogP contribution >= 0.6 is 11.3 Å². The molecule has 1 N–H and O–H groups in total. The van der Waals surface area contributed by atoms with E-state index in [0.29, 0.717) is 5.91 Å². The summed E-state index contributed by atoms with van der Waals surface area (Å²) in [5, 5.41) is 7.83. The molecule has 1 aromatic rings. The lowest BCUT2D eigenvalue weighted by Gasteiger charge is -2.30. The third-order valence-corrected chi connectivity index (χ3v) is 6.54. The Morgan fingerprint density at radius 1 is 1.38 bits per heavy atom. The standard InChI is InChI=1S/C17H24N2OS/c1-2-15-17(20)19(16(18-15)13-5-6-21-10-13)9-14-8-11-3-4-12(14)7-11/h5-6,10-12,14-16,18H,2-4,7-9H2,1H3. The van der Waals surface area contributed by atoms with Crippen molar-refractivity contribution in [2.75, 3.05) is 6.54 Å². The molecule has 2 saturated carbocycles. The minimum Gasteiger partial charge on any atom is -0.321 e. The molecule has 4 rings (SSSR count). The minimum atomic E-state index is 0.00786. The molecule has 0 aromatic carbocycles. The van der Waals surface area contributed by atoms with Crippen molar-refractivity contribution in [3.05, 3.63) is 22.4 Å². The van der Waals surface area contributed by atoms with Gasteiger partial charge in [0, 0.05) is 6.54 Å². The highest BCUT2D eigenvalue weighted by Gasteiger charge is 2.44. The Kier molecular flexibility index (Phi) is 3.54. The van der Waals surface area contributed by atoms with Crippen molar-refractivity contribution >= 4 is 17.2 Å². The quantitative estimate of drug-likeness (QED) is 0.924. The number of carbonyl (C=O) groups excluding carboxylic acids is 1. The molecule has 1 aliphatic heterocycles. The van der Waals surface area contributed by atoms with Crippen molar-refractivity contribution in [3.63, 3.8) is 0 Å². The van der Waals surface area contributed by atoms with E-state index in [0.717, 1.165) is 30.7 Å². The third-order valence-electron chi connectivity index (χ3n) is 5.83. The van der Waals surface area contributed by atoms with Gasteiger partial charge in [0.2, 0.25) is 5.91 Å². The largest absolute Gasteiger partial charge is 0.321 e. The number of amides is 1. The van der Waals surface area contributed by atoms with E-state index in [-0.39, 0.29) is 12.2 Å². The van der Waals surface area contributed by atoms with Gasteiger partial charge < -0.3 is 4.90 Å². The van der Waals surface area contributed by atoms with Crippen LogP contribution in [0.2, 0.25) is 0 Å².